The third-order valence-corrected chi connectivity index (χ3v) is 5.36. The van der Waals surface area contributed by atoms with Crippen molar-refractivity contribution >= 4 is 28.3 Å². The van der Waals surface area contributed by atoms with E-state index in [4.69, 9.17) is 0 Å². The van der Waals surface area contributed by atoms with E-state index in [1.54, 1.807) is 23.0 Å². The summed E-state index contributed by atoms with van der Waals surface area (Å²) in [6.45, 7) is 0.428. The molecule has 0 saturated heterocycles. The van der Waals surface area contributed by atoms with Crippen molar-refractivity contribution < 1.29 is 14.1 Å². The molecule has 168 valence electrons. The Bertz CT molecular complexity index is 1510. The number of hydrogen-bond donors (Lipinski definition) is 2. The van der Waals surface area contributed by atoms with Gasteiger partial charge in [-0.15, -0.1) is 0 Å². The summed E-state index contributed by atoms with van der Waals surface area (Å²) in [4.78, 5) is 28.4. The van der Waals surface area contributed by atoms with Crippen LogP contribution in [0.4, 0.5) is 15.9 Å². The number of carbonyl (C=O) groups excluding carboxylic acids is 1. The Morgan fingerprint density at radius 1 is 1.09 bits per heavy atom. The molecule has 0 radical (unpaired) electrons. The van der Waals surface area contributed by atoms with Gasteiger partial charge in [0, 0.05) is 23.1 Å². The normalized spacial score (nSPS) is 11.0. The van der Waals surface area contributed by atoms with Crippen LogP contribution < -0.4 is 5.32 Å². The van der Waals surface area contributed by atoms with Gasteiger partial charge < -0.3 is 9.88 Å². The number of aromatic amines is 1. The molecule has 0 fully saturated rings. The molecule has 1 amide bonds. The molecule has 0 spiro atoms. The van der Waals surface area contributed by atoms with E-state index in [0.29, 0.717) is 34.5 Å². The number of halogens is 1. The number of nitrogens with one attached hydrogen (secondary N) is 2. The number of benzene rings is 3. The molecule has 5 rings (SSSR count). The van der Waals surface area contributed by atoms with E-state index in [1.165, 1.54) is 30.3 Å². The van der Waals surface area contributed by atoms with Crippen LogP contribution in [0.25, 0.3) is 22.2 Å². The first-order valence-corrected chi connectivity index (χ1v) is 10.3. The van der Waals surface area contributed by atoms with Crippen molar-refractivity contribution in [3.8, 4) is 11.3 Å². The number of fused-ring (bicyclic) bond motifs is 1. The zero-order chi connectivity index (χ0) is 23.7. The van der Waals surface area contributed by atoms with E-state index in [-0.39, 0.29) is 17.2 Å². The van der Waals surface area contributed by atoms with Gasteiger partial charge in [0.05, 0.1) is 23.3 Å². The van der Waals surface area contributed by atoms with Crippen LogP contribution in [-0.4, -0.2) is 30.6 Å². The largest absolute Gasteiger partial charge is 0.312 e. The number of rotatable bonds is 6. The fourth-order valence-electron chi connectivity index (χ4n) is 3.69. The second-order valence-electron chi connectivity index (χ2n) is 7.58. The van der Waals surface area contributed by atoms with Gasteiger partial charge in [0.2, 0.25) is 0 Å². The van der Waals surface area contributed by atoms with E-state index >= 15 is 0 Å². The summed E-state index contributed by atoms with van der Waals surface area (Å²) >= 11 is 0. The zero-order valence-corrected chi connectivity index (χ0v) is 17.6. The van der Waals surface area contributed by atoms with Crippen LogP contribution in [0.1, 0.15) is 16.1 Å². The molecule has 2 N–H and O–H groups in total. The number of aromatic nitrogens is 4. The summed E-state index contributed by atoms with van der Waals surface area (Å²) in [5.41, 5.74) is 2.41. The average molecular weight is 456 g/mol. The SMILES string of the molecule is O=C(Nc1c(-c2ccc(F)cc2)ncn1Cc1ccccc1)c1n[nH]c2ccc([N+](=O)[O-])cc12. The fourth-order valence-corrected chi connectivity index (χ4v) is 3.69. The van der Waals surface area contributed by atoms with Gasteiger partial charge in [0.15, 0.2) is 5.69 Å². The summed E-state index contributed by atoms with van der Waals surface area (Å²) < 4.78 is 15.2. The second kappa shape index (κ2) is 8.58. The molecule has 0 unspecified atom stereocenters. The Labute approximate surface area is 192 Å². The lowest BCUT2D eigenvalue weighted by molar-refractivity contribution is -0.384. The zero-order valence-electron chi connectivity index (χ0n) is 17.6. The average Bonchev–Trinajstić information content (AvgIpc) is 3.44. The lowest BCUT2D eigenvalue weighted by atomic mass is 10.1. The number of anilines is 1. The Hall–Kier alpha value is -4.86. The Morgan fingerprint density at radius 3 is 2.59 bits per heavy atom. The van der Waals surface area contributed by atoms with Crippen LogP contribution in [0.5, 0.6) is 0 Å². The Kier molecular flexibility index (Phi) is 5.30. The van der Waals surface area contributed by atoms with Gasteiger partial charge in [-0.3, -0.25) is 20.0 Å². The standard InChI is InChI=1S/C24H17FN6O3/c25-17-8-6-16(7-9-17)21-23(30(14-26-21)13-15-4-2-1-3-5-15)27-24(32)22-19-12-18(31(33)34)10-11-20(19)28-29-22/h1-12,14H,13H2,(H,27,32)(H,28,29). The number of nitro benzene ring substituents is 1. The third kappa shape index (κ3) is 3.99. The van der Waals surface area contributed by atoms with Gasteiger partial charge in [0.25, 0.3) is 11.6 Å². The fraction of sp³-hybridized carbons (Fsp3) is 0.0417. The number of nitro groups is 1. The number of imidazole rings is 1. The molecule has 10 heteroatoms. The van der Waals surface area contributed by atoms with Gasteiger partial charge in [-0.05, 0) is 35.9 Å². The van der Waals surface area contributed by atoms with Crippen LogP contribution in [0, 0.1) is 15.9 Å². The summed E-state index contributed by atoms with van der Waals surface area (Å²) in [5.74, 6) is -0.561. The van der Waals surface area contributed by atoms with E-state index in [9.17, 15) is 19.3 Å². The van der Waals surface area contributed by atoms with Crippen molar-refractivity contribution in [3.63, 3.8) is 0 Å². The highest BCUT2D eigenvalue weighted by molar-refractivity contribution is 6.12. The quantitative estimate of drug-likeness (QED) is 0.282. The number of carbonyl (C=O) groups is 1. The van der Waals surface area contributed by atoms with Crippen molar-refractivity contribution in [1.82, 2.24) is 19.7 Å². The van der Waals surface area contributed by atoms with Crippen LogP contribution in [0.2, 0.25) is 0 Å². The first kappa shape index (κ1) is 21.0. The minimum atomic E-state index is -0.565. The highest BCUT2D eigenvalue weighted by atomic mass is 19.1. The summed E-state index contributed by atoms with van der Waals surface area (Å²) in [6.07, 6.45) is 1.59. The molecule has 5 aromatic rings. The number of hydrogen-bond acceptors (Lipinski definition) is 5. The third-order valence-electron chi connectivity index (χ3n) is 5.36. The Morgan fingerprint density at radius 2 is 1.85 bits per heavy atom. The molecule has 34 heavy (non-hydrogen) atoms. The minimum absolute atomic E-state index is 0.0104. The second-order valence-corrected chi connectivity index (χ2v) is 7.58. The number of non-ortho nitro benzene ring substituents is 1. The highest BCUT2D eigenvalue weighted by Gasteiger charge is 2.21. The van der Waals surface area contributed by atoms with Gasteiger partial charge in [-0.2, -0.15) is 5.10 Å². The van der Waals surface area contributed by atoms with Crippen molar-refractivity contribution in [2.45, 2.75) is 6.54 Å². The molecule has 0 saturated carbocycles. The monoisotopic (exact) mass is 456 g/mol. The predicted molar refractivity (Wildman–Crippen MR) is 124 cm³/mol. The van der Waals surface area contributed by atoms with Crippen LogP contribution >= 0.6 is 0 Å². The van der Waals surface area contributed by atoms with Gasteiger partial charge in [-0.25, -0.2) is 9.37 Å². The first-order chi connectivity index (χ1) is 16.5. The predicted octanol–water partition coefficient (Wildman–Crippen LogP) is 4.77. The van der Waals surface area contributed by atoms with Gasteiger partial charge in [-0.1, -0.05) is 30.3 Å². The lowest BCUT2D eigenvalue weighted by Gasteiger charge is -2.11. The van der Waals surface area contributed by atoms with E-state index in [1.807, 2.05) is 30.3 Å². The minimum Gasteiger partial charge on any atom is -0.312 e. The van der Waals surface area contributed by atoms with Crippen molar-refractivity contribution in [1.29, 1.82) is 0 Å². The topological polar surface area (TPSA) is 119 Å². The molecule has 0 atom stereocenters. The number of H-pyrrole nitrogens is 1. The molecule has 0 aliphatic carbocycles. The van der Waals surface area contributed by atoms with Gasteiger partial charge >= 0.3 is 0 Å². The first-order valence-electron chi connectivity index (χ1n) is 10.3. The maximum atomic E-state index is 13.5. The van der Waals surface area contributed by atoms with Crippen molar-refractivity contribution in [2.24, 2.45) is 0 Å². The summed E-state index contributed by atoms with van der Waals surface area (Å²) in [6, 6.07) is 19.6. The van der Waals surface area contributed by atoms with E-state index in [0.717, 1.165) is 5.56 Å². The van der Waals surface area contributed by atoms with Crippen LogP contribution in [-0.2, 0) is 6.54 Å². The maximum absolute atomic E-state index is 13.5. The molecule has 0 aliphatic rings. The molecule has 3 aromatic carbocycles. The van der Waals surface area contributed by atoms with Crippen LogP contribution in [0.15, 0.2) is 79.1 Å². The van der Waals surface area contributed by atoms with Gasteiger partial charge in [0.1, 0.15) is 17.3 Å². The number of nitrogens with zero attached hydrogens (tertiary/aromatic N) is 4. The molecule has 2 aromatic heterocycles. The molecule has 0 bridgehead atoms. The van der Waals surface area contributed by atoms with Crippen molar-refractivity contribution in [3.05, 3.63) is 106 Å². The Balaban J connectivity index is 1.55. The number of amides is 1. The summed E-state index contributed by atoms with van der Waals surface area (Å²) in [5, 5.41) is 21.1. The smallest absolute Gasteiger partial charge is 0.277 e. The molecule has 9 nitrogen and oxygen atoms in total. The van der Waals surface area contributed by atoms with E-state index < -0.39 is 10.8 Å². The molecular formula is C24H17FN6O3. The molecule has 2 heterocycles. The molecular weight excluding hydrogens is 439 g/mol. The lowest BCUT2D eigenvalue weighted by Crippen LogP contribution is -2.17. The molecule has 0 aliphatic heterocycles. The maximum Gasteiger partial charge on any atom is 0.277 e. The highest BCUT2D eigenvalue weighted by Crippen LogP contribution is 2.29. The van der Waals surface area contributed by atoms with Crippen LogP contribution in [0.3, 0.4) is 0 Å². The van der Waals surface area contributed by atoms with E-state index in [2.05, 4.69) is 20.5 Å². The summed E-state index contributed by atoms with van der Waals surface area (Å²) in [7, 11) is 0. The van der Waals surface area contributed by atoms with Crippen molar-refractivity contribution in [2.75, 3.05) is 5.32 Å².